The molecule has 4 nitrogen and oxygen atoms in total. The number of nitrogens with zero attached hydrogens (tertiary/aromatic N) is 2. The molecule has 1 N–H and O–H groups in total. The number of aromatic nitrogens is 2. The van der Waals surface area contributed by atoms with Crippen LogP contribution < -0.4 is 5.32 Å². The lowest BCUT2D eigenvalue weighted by atomic mass is 10.2. The second-order valence-corrected chi connectivity index (χ2v) is 4.91. The minimum absolute atomic E-state index is 0.0926. The van der Waals surface area contributed by atoms with Crippen molar-refractivity contribution >= 4 is 23.0 Å². The van der Waals surface area contributed by atoms with Gasteiger partial charge in [-0.2, -0.15) is 5.10 Å². The van der Waals surface area contributed by atoms with E-state index in [9.17, 15) is 9.18 Å². The van der Waals surface area contributed by atoms with Gasteiger partial charge in [-0.25, -0.2) is 8.91 Å². The van der Waals surface area contributed by atoms with E-state index in [4.69, 9.17) is 11.6 Å². The van der Waals surface area contributed by atoms with Crippen molar-refractivity contribution < 1.29 is 9.18 Å². The fourth-order valence-electron chi connectivity index (χ4n) is 2.11. The van der Waals surface area contributed by atoms with Crippen molar-refractivity contribution in [2.75, 3.05) is 0 Å². The number of pyridine rings is 1. The molecule has 0 aliphatic heterocycles. The Kier molecular flexibility index (Phi) is 3.58. The summed E-state index contributed by atoms with van der Waals surface area (Å²) in [5, 5.41) is 6.99. The Morgan fingerprint density at radius 2 is 2.19 bits per heavy atom. The first-order valence-electron chi connectivity index (χ1n) is 6.29. The van der Waals surface area contributed by atoms with E-state index in [2.05, 4.69) is 10.4 Å². The molecule has 0 aliphatic rings. The van der Waals surface area contributed by atoms with Gasteiger partial charge in [0.25, 0.3) is 5.91 Å². The number of fused-ring (bicyclic) bond motifs is 1. The fraction of sp³-hybridized carbons (Fsp3) is 0.0667. The van der Waals surface area contributed by atoms with Crippen LogP contribution in [0.15, 0.2) is 48.8 Å². The zero-order valence-electron chi connectivity index (χ0n) is 10.9. The summed E-state index contributed by atoms with van der Waals surface area (Å²) in [6.45, 7) is 0.336. The van der Waals surface area contributed by atoms with Crippen molar-refractivity contribution in [2.24, 2.45) is 0 Å². The molecule has 0 saturated carbocycles. The number of nitrogens with one attached hydrogen (secondary N) is 1. The predicted octanol–water partition coefficient (Wildman–Crippen LogP) is 3.06. The van der Waals surface area contributed by atoms with E-state index < -0.39 is 5.82 Å². The molecule has 0 fully saturated rings. The average Bonchev–Trinajstić information content (AvgIpc) is 2.93. The third kappa shape index (κ3) is 2.73. The molecule has 0 aliphatic carbocycles. The smallest absolute Gasteiger partial charge is 0.253 e. The lowest BCUT2D eigenvalue weighted by Crippen LogP contribution is -2.23. The molecule has 1 amide bonds. The molecule has 0 unspecified atom stereocenters. The minimum Gasteiger partial charge on any atom is -0.348 e. The van der Waals surface area contributed by atoms with Crippen molar-refractivity contribution in [1.29, 1.82) is 0 Å². The summed E-state index contributed by atoms with van der Waals surface area (Å²) in [7, 11) is 0. The maximum absolute atomic E-state index is 13.0. The average molecular weight is 304 g/mol. The molecule has 6 heteroatoms. The topological polar surface area (TPSA) is 46.4 Å². The minimum atomic E-state index is -0.472. The number of benzene rings is 1. The third-order valence-corrected chi connectivity index (χ3v) is 3.45. The van der Waals surface area contributed by atoms with E-state index in [1.807, 2.05) is 24.4 Å². The number of carbonyl (C=O) groups excluding carboxylic acids is 1. The molecule has 0 atom stereocenters. The zero-order valence-corrected chi connectivity index (χ0v) is 11.6. The van der Waals surface area contributed by atoms with Crippen LogP contribution in [0.1, 0.15) is 15.9 Å². The van der Waals surface area contributed by atoms with Crippen LogP contribution in [-0.2, 0) is 6.54 Å². The maximum Gasteiger partial charge on any atom is 0.253 e. The van der Waals surface area contributed by atoms with Crippen LogP contribution in [0.2, 0.25) is 5.02 Å². The van der Waals surface area contributed by atoms with Crippen LogP contribution in [-0.4, -0.2) is 15.5 Å². The lowest BCUT2D eigenvalue weighted by molar-refractivity contribution is 0.0951. The highest BCUT2D eigenvalue weighted by Gasteiger charge is 2.11. The summed E-state index contributed by atoms with van der Waals surface area (Å²) in [6.07, 6.45) is 3.52. The molecular weight excluding hydrogens is 293 g/mol. The summed E-state index contributed by atoms with van der Waals surface area (Å²) >= 11 is 5.87. The lowest BCUT2D eigenvalue weighted by Gasteiger charge is -2.08. The zero-order chi connectivity index (χ0) is 14.8. The predicted molar refractivity (Wildman–Crippen MR) is 77.8 cm³/mol. The van der Waals surface area contributed by atoms with Crippen LogP contribution in [0.4, 0.5) is 4.39 Å². The van der Waals surface area contributed by atoms with Gasteiger partial charge < -0.3 is 5.32 Å². The van der Waals surface area contributed by atoms with Crippen LogP contribution >= 0.6 is 11.6 Å². The summed E-state index contributed by atoms with van der Waals surface area (Å²) in [5.74, 6) is -0.818. The van der Waals surface area contributed by atoms with Crippen LogP contribution in [0, 0.1) is 5.82 Å². The molecule has 0 radical (unpaired) electrons. The number of hydrogen-bond acceptors (Lipinski definition) is 2. The van der Waals surface area contributed by atoms with Crippen LogP contribution in [0.3, 0.4) is 0 Å². The Morgan fingerprint density at radius 1 is 1.33 bits per heavy atom. The normalized spacial score (nSPS) is 10.8. The SMILES string of the molecule is O=C(NCc1cccn2nccc12)c1ccc(F)cc1Cl. The van der Waals surface area contributed by atoms with Gasteiger partial charge in [0.2, 0.25) is 0 Å². The molecule has 106 valence electrons. The first kappa shape index (κ1) is 13.6. The van der Waals surface area contributed by atoms with Crippen molar-refractivity contribution in [1.82, 2.24) is 14.9 Å². The number of rotatable bonds is 3. The molecule has 2 heterocycles. The van der Waals surface area contributed by atoms with Gasteiger partial charge in [-0.1, -0.05) is 17.7 Å². The third-order valence-electron chi connectivity index (χ3n) is 3.14. The van der Waals surface area contributed by atoms with Gasteiger partial charge in [0, 0.05) is 18.9 Å². The second kappa shape index (κ2) is 5.54. The number of carbonyl (C=O) groups is 1. The molecule has 0 spiro atoms. The molecule has 21 heavy (non-hydrogen) atoms. The molecule has 3 aromatic rings. The second-order valence-electron chi connectivity index (χ2n) is 4.50. The molecule has 1 aromatic carbocycles. The Bertz CT molecular complexity index is 816. The van der Waals surface area contributed by atoms with E-state index in [1.54, 1.807) is 10.7 Å². The van der Waals surface area contributed by atoms with Crippen LogP contribution in [0.5, 0.6) is 0 Å². The summed E-state index contributed by atoms with van der Waals surface area (Å²) in [6, 6.07) is 9.32. The largest absolute Gasteiger partial charge is 0.348 e. The highest BCUT2D eigenvalue weighted by molar-refractivity contribution is 6.33. The van der Waals surface area contributed by atoms with E-state index in [0.717, 1.165) is 17.1 Å². The highest BCUT2D eigenvalue weighted by Crippen LogP contribution is 2.17. The molecular formula is C15H11ClFN3O. The maximum atomic E-state index is 13.0. The van der Waals surface area contributed by atoms with Crippen molar-refractivity contribution in [3.05, 3.63) is 70.8 Å². The van der Waals surface area contributed by atoms with Gasteiger partial charge in [-0.15, -0.1) is 0 Å². The molecule has 0 saturated heterocycles. The van der Waals surface area contributed by atoms with Gasteiger partial charge in [0.15, 0.2) is 0 Å². The van der Waals surface area contributed by atoms with E-state index in [1.165, 1.54) is 12.1 Å². The van der Waals surface area contributed by atoms with Crippen LogP contribution in [0.25, 0.3) is 5.52 Å². The summed E-state index contributed by atoms with van der Waals surface area (Å²) < 4.78 is 14.7. The van der Waals surface area contributed by atoms with E-state index in [0.29, 0.717) is 6.54 Å². The Balaban J connectivity index is 1.78. The van der Waals surface area contributed by atoms with E-state index >= 15 is 0 Å². The first-order valence-corrected chi connectivity index (χ1v) is 6.67. The van der Waals surface area contributed by atoms with Gasteiger partial charge >= 0.3 is 0 Å². The monoisotopic (exact) mass is 303 g/mol. The molecule has 2 aromatic heterocycles. The van der Waals surface area contributed by atoms with Crippen molar-refractivity contribution in [3.8, 4) is 0 Å². The standard InChI is InChI=1S/C15H11ClFN3O/c16-13-8-11(17)3-4-12(13)15(21)18-9-10-2-1-7-20-14(10)5-6-19-20/h1-8H,9H2,(H,18,21). The summed E-state index contributed by atoms with van der Waals surface area (Å²) in [4.78, 5) is 12.1. The van der Waals surface area contributed by atoms with E-state index in [-0.39, 0.29) is 16.5 Å². The van der Waals surface area contributed by atoms with Gasteiger partial charge in [0.1, 0.15) is 5.82 Å². The fourth-order valence-corrected chi connectivity index (χ4v) is 2.36. The van der Waals surface area contributed by atoms with Gasteiger partial charge in [-0.3, -0.25) is 4.79 Å². The highest BCUT2D eigenvalue weighted by atomic mass is 35.5. The summed E-state index contributed by atoms with van der Waals surface area (Å²) in [5.41, 5.74) is 2.10. The Labute approximate surface area is 125 Å². The van der Waals surface area contributed by atoms with Crippen molar-refractivity contribution in [3.63, 3.8) is 0 Å². The van der Waals surface area contributed by atoms with Crippen molar-refractivity contribution in [2.45, 2.75) is 6.54 Å². The van der Waals surface area contributed by atoms with Gasteiger partial charge in [-0.05, 0) is 35.9 Å². The number of amides is 1. The molecule has 3 rings (SSSR count). The Hall–Kier alpha value is -2.40. The first-order chi connectivity index (χ1) is 10.1. The number of halogens is 2. The quantitative estimate of drug-likeness (QED) is 0.808. The molecule has 0 bridgehead atoms. The number of hydrogen-bond donors (Lipinski definition) is 1. The van der Waals surface area contributed by atoms with Gasteiger partial charge in [0.05, 0.1) is 16.1 Å². The Morgan fingerprint density at radius 3 is 3.00 bits per heavy atom.